The fourth-order valence-corrected chi connectivity index (χ4v) is 3.93. The molecule has 1 aromatic heterocycles. The molecular weight excluding hydrogens is 359 g/mol. The van der Waals surface area contributed by atoms with Gasteiger partial charge in [0.05, 0.1) is 14.2 Å². The average Bonchev–Trinajstić information content (AvgIpc) is 2.77. The number of fused-ring (bicyclic) bond motifs is 3. The number of ether oxygens (including phenoxy) is 2. The van der Waals surface area contributed by atoms with Gasteiger partial charge in [0.25, 0.3) is 0 Å². The lowest BCUT2D eigenvalue weighted by atomic mass is 9.84. The zero-order valence-corrected chi connectivity index (χ0v) is 18.4. The maximum Gasteiger partial charge on any atom is 0.201 e. The van der Waals surface area contributed by atoms with Crippen molar-refractivity contribution in [1.82, 2.24) is 0 Å². The summed E-state index contributed by atoms with van der Waals surface area (Å²) in [5, 5.41) is 1.95. The summed E-state index contributed by atoms with van der Waals surface area (Å²) in [5.41, 5.74) is 3.71. The van der Waals surface area contributed by atoms with Crippen LogP contribution >= 0.6 is 8.67 Å². The minimum absolute atomic E-state index is 0.0979. The van der Waals surface area contributed by atoms with Gasteiger partial charge < -0.3 is 17.9 Å². The van der Waals surface area contributed by atoms with Gasteiger partial charge in [0.15, 0.2) is 0 Å². The first-order chi connectivity index (χ1) is 12.6. The van der Waals surface area contributed by atoms with Crippen LogP contribution < -0.4 is 9.47 Å². The fourth-order valence-electron chi connectivity index (χ4n) is 3.28. The Hall–Kier alpha value is -2.06. The van der Waals surface area contributed by atoms with Crippen LogP contribution in [0.1, 0.15) is 52.7 Å². The Morgan fingerprint density at radius 1 is 0.667 bits per heavy atom. The van der Waals surface area contributed by atoms with E-state index in [2.05, 4.69) is 53.7 Å². The maximum atomic E-state index is 6.14. The summed E-state index contributed by atoms with van der Waals surface area (Å²) in [6.07, 6.45) is 0. The Labute approximate surface area is 162 Å². The SMILES string of the molecule is COc1cc(C(C)(C)C)c2o[pH]oc3c(C(C)(C)C)cc(OC)cc3c2c1. The van der Waals surface area contributed by atoms with Crippen LogP contribution in [0.4, 0.5) is 0 Å². The van der Waals surface area contributed by atoms with E-state index < -0.39 is 0 Å². The number of hydrogen-bond donors (Lipinski definition) is 0. The highest BCUT2D eigenvalue weighted by Crippen LogP contribution is 2.41. The molecule has 0 aliphatic carbocycles. The van der Waals surface area contributed by atoms with Gasteiger partial charge in [-0.05, 0) is 35.1 Å². The zero-order chi connectivity index (χ0) is 20.0. The van der Waals surface area contributed by atoms with Crippen LogP contribution in [0.2, 0.25) is 0 Å². The molecule has 4 nitrogen and oxygen atoms in total. The van der Waals surface area contributed by atoms with Crippen LogP contribution in [0.3, 0.4) is 0 Å². The van der Waals surface area contributed by atoms with E-state index in [-0.39, 0.29) is 19.5 Å². The number of benzene rings is 2. The van der Waals surface area contributed by atoms with Gasteiger partial charge in [-0.2, -0.15) is 0 Å². The molecule has 3 rings (SSSR count). The van der Waals surface area contributed by atoms with Crippen LogP contribution in [0.5, 0.6) is 11.5 Å². The molecule has 2 aromatic carbocycles. The summed E-state index contributed by atoms with van der Waals surface area (Å²) in [6, 6.07) is 8.15. The van der Waals surface area contributed by atoms with Crippen molar-refractivity contribution in [3.8, 4) is 11.5 Å². The predicted octanol–water partition coefficient (Wildman–Crippen LogP) is 6.95. The van der Waals surface area contributed by atoms with Gasteiger partial charge in [0.2, 0.25) is 8.67 Å². The lowest BCUT2D eigenvalue weighted by Gasteiger charge is -2.21. The maximum absolute atomic E-state index is 6.14. The molecule has 0 saturated carbocycles. The van der Waals surface area contributed by atoms with Gasteiger partial charge in [0.1, 0.15) is 22.7 Å². The van der Waals surface area contributed by atoms with Crippen LogP contribution in [0, 0.1) is 0 Å². The van der Waals surface area contributed by atoms with Gasteiger partial charge in [-0.25, -0.2) is 0 Å². The Morgan fingerprint density at radius 2 is 1.04 bits per heavy atom. The summed E-state index contributed by atoms with van der Waals surface area (Å²) in [6.45, 7) is 13.0. The fraction of sp³-hybridized carbons (Fsp3) is 0.455. The largest absolute Gasteiger partial charge is 0.497 e. The zero-order valence-electron chi connectivity index (χ0n) is 17.4. The molecule has 0 atom stereocenters. The molecule has 0 aliphatic heterocycles. The van der Waals surface area contributed by atoms with E-state index in [4.69, 9.17) is 17.9 Å². The second-order valence-corrected chi connectivity index (χ2v) is 9.47. The lowest BCUT2D eigenvalue weighted by Crippen LogP contribution is -2.12. The first-order valence-corrected chi connectivity index (χ1v) is 9.92. The third kappa shape index (κ3) is 3.68. The summed E-state index contributed by atoms with van der Waals surface area (Å²) in [7, 11) is 3.28. The molecule has 0 aliphatic rings. The first kappa shape index (κ1) is 19.7. The summed E-state index contributed by atoms with van der Waals surface area (Å²) >= 11 is 0. The van der Waals surface area contributed by atoms with Crippen LogP contribution in [-0.2, 0) is 10.8 Å². The monoisotopic (exact) mass is 388 g/mol. The van der Waals surface area contributed by atoms with Crippen molar-refractivity contribution in [2.24, 2.45) is 0 Å². The molecule has 0 saturated heterocycles. The topological polar surface area (TPSA) is 44.7 Å². The van der Waals surface area contributed by atoms with Crippen molar-refractivity contribution in [1.29, 1.82) is 0 Å². The van der Waals surface area contributed by atoms with E-state index in [1.807, 2.05) is 12.1 Å². The molecule has 0 amide bonds. The molecule has 3 aromatic rings. The smallest absolute Gasteiger partial charge is 0.201 e. The second-order valence-electron chi connectivity index (χ2n) is 8.89. The Bertz CT molecular complexity index is 939. The van der Waals surface area contributed by atoms with E-state index >= 15 is 0 Å². The van der Waals surface area contributed by atoms with Gasteiger partial charge in [-0.1, -0.05) is 41.5 Å². The highest BCUT2D eigenvalue weighted by atomic mass is 31.1. The van der Waals surface area contributed by atoms with Crippen molar-refractivity contribution >= 4 is 30.6 Å². The van der Waals surface area contributed by atoms with Gasteiger partial charge >= 0.3 is 0 Å². The average molecular weight is 388 g/mol. The minimum Gasteiger partial charge on any atom is -0.497 e. The van der Waals surface area contributed by atoms with Crippen molar-refractivity contribution in [3.63, 3.8) is 0 Å². The van der Waals surface area contributed by atoms with Gasteiger partial charge in [-0.15, -0.1) is 0 Å². The number of hydrogen-bond acceptors (Lipinski definition) is 4. The van der Waals surface area contributed by atoms with E-state index in [0.29, 0.717) is 0 Å². The Balaban J connectivity index is 2.61. The summed E-state index contributed by atoms with van der Waals surface area (Å²) in [4.78, 5) is 0. The van der Waals surface area contributed by atoms with E-state index in [1.54, 1.807) is 14.2 Å². The third-order valence-corrected chi connectivity index (χ3v) is 5.36. The molecule has 27 heavy (non-hydrogen) atoms. The molecule has 5 heteroatoms. The summed E-state index contributed by atoms with van der Waals surface area (Å²) in [5.74, 6) is 1.61. The number of rotatable bonds is 2. The van der Waals surface area contributed by atoms with Crippen LogP contribution in [0.15, 0.2) is 32.7 Å². The van der Waals surface area contributed by atoms with E-state index in [9.17, 15) is 0 Å². The van der Waals surface area contributed by atoms with Crippen LogP contribution in [-0.4, -0.2) is 14.2 Å². The molecule has 0 radical (unpaired) electrons. The van der Waals surface area contributed by atoms with Gasteiger partial charge in [0, 0.05) is 21.9 Å². The predicted molar refractivity (Wildman–Crippen MR) is 114 cm³/mol. The normalized spacial score (nSPS) is 12.4. The molecule has 0 N–H and O–H groups in total. The summed E-state index contributed by atoms with van der Waals surface area (Å²) < 4.78 is 23.5. The Morgan fingerprint density at radius 3 is 1.33 bits per heavy atom. The van der Waals surface area contributed by atoms with Gasteiger partial charge in [-0.3, -0.25) is 0 Å². The molecule has 0 unspecified atom stereocenters. The van der Waals surface area contributed by atoms with Crippen molar-refractivity contribution in [2.45, 2.75) is 52.4 Å². The first-order valence-electron chi connectivity index (χ1n) is 9.10. The third-order valence-electron chi connectivity index (χ3n) is 4.79. The van der Waals surface area contributed by atoms with Crippen LogP contribution in [0.25, 0.3) is 21.9 Å². The highest BCUT2D eigenvalue weighted by molar-refractivity contribution is 7.15. The Kier molecular flexibility index (Phi) is 4.98. The van der Waals surface area contributed by atoms with Crippen molar-refractivity contribution in [3.05, 3.63) is 35.4 Å². The minimum atomic E-state index is -0.107. The standard InChI is InChI=1S/C22H29O4P/c1-21(2,3)17-11-13(23-7)9-15-16-10-14(24-8)12-18(22(4,5)6)20(16)26-27-25-19(15)17/h9-12,27H,1-8H3. The molecule has 1 heterocycles. The molecule has 146 valence electrons. The number of methoxy groups -OCH3 is 2. The molecule has 0 fully saturated rings. The highest BCUT2D eigenvalue weighted by Gasteiger charge is 2.24. The van der Waals surface area contributed by atoms with Crippen molar-refractivity contribution < 1.29 is 17.9 Å². The quantitative estimate of drug-likeness (QED) is 0.477. The molecule has 0 spiro atoms. The second kappa shape index (κ2) is 6.83. The van der Waals surface area contributed by atoms with Crippen molar-refractivity contribution in [2.75, 3.05) is 14.2 Å². The lowest BCUT2D eigenvalue weighted by molar-refractivity contribution is 0.413. The van der Waals surface area contributed by atoms with E-state index in [1.165, 1.54) is 0 Å². The molecule has 0 bridgehead atoms. The van der Waals surface area contributed by atoms with E-state index in [0.717, 1.165) is 44.6 Å². The molecular formula is C22H29O4P.